The van der Waals surface area contributed by atoms with E-state index in [0.29, 0.717) is 0 Å². The van der Waals surface area contributed by atoms with Crippen molar-refractivity contribution in [3.8, 4) is 0 Å². The predicted octanol–water partition coefficient (Wildman–Crippen LogP) is 1.83. The summed E-state index contributed by atoms with van der Waals surface area (Å²) in [5.41, 5.74) is -0.324. The second kappa shape index (κ2) is 6.17. The fourth-order valence-electron chi connectivity index (χ4n) is 3.00. The van der Waals surface area contributed by atoms with Crippen LogP contribution in [0, 0.1) is 0 Å². The minimum atomic E-state index is -1.09. The van der Waals surface area contributed by atoms with E-state index in [1.165, 1.54) is 0 Å². The van der Waals surface area contributed by atoms with Crippen LogP contribution in [0.15, 0.2) is 30.3 Å². The van der Waals surface area contributed by atoms with Crippen molar-refractivity contribution < 1.29 is 15.0 Å². The van der Waals surface area contributed by atoms with Gasteiger partial charge in [-0.2, -0.15) is 0 Å². The van der Waals surface area contributed by atoms with E-state index in [1.807, 2.05) is 35.2 Å². The number of rotatable bonds is 5. The van der Waals surface area contributed by atoms with E-state index in [2.05, 4.69) is 0 Å². The molecule has 0 bridgehead atoms. The smallest absolute Gasteiger partial charge is 0.328 e. The molecule has 1 aliphatic rings. The van der Waals surface area contributed by atoms with Gasteiger partial charge in [-0.05, 0) is 31.5 Å². The number of hydrogen-bond acceptors (Lipinski definition) is 3. The Kier molecular flexibility index (Phi) is 4.56. The van der Waals surface area contributed by atoms with Gasteiger partial charge < -0.3 is 10.2 Å². The first-order valence-corrected chi connectivity index (χ1v) is 6.86. The molecule has 0 aromatic heterocycles. The fourth-order valence-corrected chi connectivity index (χ4v) is 3.00. The van der Waals surface area contributed by atoms with Gasteiger partial charge in [0, 0.05) is 13.0 Å². The fraction of sp³-hybridized carbons (Fsp3) is 0.533. The number of likely N-dealkylation sites (tertiary alicyclic amines) is 1. The summed E-state index contributed by atoms with van der Waals surface area (Å²) < 4.78 is 0. The minimum absolute atomic E-state index is 0.127. The van der Waals surface area contributed by atoms with Crippen molar-refractivity contribution in [2.45, 2.75) is 31.2 Å². The summed E-state index contributed by atoms with van der Waals surface area (Å²) in [5.74, 6) is -0.866. The van der Waals surface area contributed by atoms with Gasteiger partial charge in [-0.3, -0.25) is 4.90 Å². The van der Waals surface area contributed by atoms with Gasteiger partial charge in [-0.15, -0.1) is 0 Å². The molecular weight excluding hydrogens is 242 g/mol. The van der Waals surface area contributed by atoms with Crippen LogP contribution in [0.3, 0.4) is 0 Å². The highest BCUT2D eigenvalue weighted by Crippen LogP contribution is 2.34. The van der Waals surface area contributed by atoms with Crippen LogP contribution in [-0.4, -0.2) is 40.8 Å². The molecule has 1 atom stereocenters. The molecule has 0 spiro atoms. The van der Waals surface area contributed by atoms with Gasteiger partial charge in [-0.1, -0.05) is 36.8 Å². The van der Waals surface area contributed by atoms with Crippen molar-refractivity contribution in [2.24, 2.45) is 0 Å². The highest BCUT2D eigenvalue weighted by molar-refractivity contribution is 5.80. The van der Waals surface area contributed by atoms with Gasteiger partial charge >= 0.3 is 5.97 Å². The van der Waals surface area contributed by atoms with Crippen molar-refractivity contribution in [1.82, 2.24) is 4.90 Å². The quantitative estimate of drug-likeness (QED) is 0.851. The number of carboxylic acid groups (broad SMARTS) is 1. The van der Waals surface area contributed by atoms with Crippen LogP contribution in [0.25, 0.3) is 0 Å². The molecule has 0 amide bonds. The van der Waals surface area contributed by atoms with Gasteiger partial charge in [0.1, 0.15) is 5.54 Å². The standard InChI is InChI=1S/C15H21NO3/c17-12-9-15(14(18)19,13-7-3-1-4-8-13)16-10-5-2-6-11-16/h1,3-4,7-8,17H,2,5-6,9-12H2,(H,18,19). The second-order valence-corrected chi connectivity index (χ2v) is 5.05. The van der Waals surface area contributed by atoms with Gasteiger partial charge in [0.2, 0.25) is 0 Å². The average Bonchev–Trinajstić information content (AvgIpc) is 2.46. The molecule has 19 heavy (non-hydrogen) atoms. The van der Waals surface area contributed by atoms with Crippen LogP contribution >= 0.6 is 0 Å². The molecule has 1 aromatic carbocycles. The lowest BCUT2D eigenvalue weighted by atomic mass is 9.83. The molecule has 0 radical (unpaired) electrons. The lowest BCUT2D eigenvalue weighted by Crippen LogP contribution is -2.54. The third-order valence-electron chi connectivity index (χ3n) is 3.97. The molecule has 2 rings (SSSR count). The first-order chi connectivity index (χ1) is 9.21. The van der Waals surface area contributed by atoms with Gasteiger partial charge in [0.15, 0.2) is 0 Å². The number of aliphatic hydroxyl groups is 1. The van der Waals surface area contributed by atoms with Crippen LogP contribution < -0.4 is 0 Å². The maximum absolute atomic E-state index is 12.0. The molecule has 4 heteroatoms. The van der Waals surface area contributed by atoms with Crippen molar-refractivity contribution >= 4 is 5.97 Å². The van der Waals surface area contributed by atoms with Crippen molar-refractivity contribution in [3.63, 3.8) is 0 Å². The molecule has 104 valence electrons. The Morgan fingerprint density at radius 1 is 1.16 bits per heavy atom. The summed E-state index contributed by atoms with van der Waals surface area (Å²) in [5, 5.41) is 19.2. The minimum Gasteiger partial charge on any atom is -0.480 e. The first kappa shape index (κ1) is 14.0. The lowest BCUT2D eigenvalue weighted by molar-refractivity contribution is -0.155. The van der Waals surface area contributed by atoms with Crippen LogP contribution in [0.1, 0.15) is 31.2 Å². The second-order valence-electron chi connectivity index (χ2n) is 5.05. The zero-order valence-electron chi connectivity index (χ0n) is 11.1. The largest absolute Gasteiger partial charge is 0.480 e. The highest BCUT2D eigenvalue weighted by Gasteiger charge is 2.45. The first-order valence-electron chi connectivity index (χ1n) is 6.86. The van der Waals surface area contributed by atoms with Crippen LogP contribution in [0.4, 0.5) is 0 Å². The summed E-state index contributed by atoms with van der Waals surface area (Å²) in [4.78, 5) is 14.0. The Morgan fingerprint density at radius 3 is 2.32 bits per heavy atom. The average molecular weight is 263 g/mol. The van der Waals surface area contributed by atoms with E-state index >= 15 is 0 Å². The Morgan fingerprint density at radius 2 is 1.79 bits per heavy atom. The molecule has 1 unspecified atom stereocenters. The Labute approximate surface area is 113 Å². The Hall–Kier alpha value is -1.39. The molecule has 1 fully saturated rings. The molecule has 1 saturated heterocycles. The highest BCUT2D eigenvalue weighted by atomic mass is 16.4. The van der Waals surface area contributed by atoms with E-state index in [1.54, 1.807) is 0 Å². The number of aliphatic carboxylic acids is 1. The zero-order chi connectivity index (χ0) is 13.7. The molecular formula is C15H21NO3. The predicted molar refractivity (Wildman–Crippen MR) is 72.9 cm³/mol. The molecule has 1 aromatic rings. The third kappa shape index (κ3) is 2.65. The zero-order valence-corrected chi connectivity index (χ0v) is 11.1. The van der Waals surface area contributed by atoms with Crippen molar-refractivity contribution in [3.05, 3.63) is 35.9 Å². The Balaban J connectivity index is 2.43. The number of aliphatic hydroxyl groups excluding tert-OH is 1. The molecule has 4 nitrogen and oxygen atoms in total. The van der Waals surface area contributed by atoms with E-state index in [9.17, 15) is 15.0 Å². The summed E-state index contributed by atoms with van der Waals surface area (Å²) in [6.45, 7) is 1.43. The van der Waals surface area contributed by atoms with Gasteiger partial charge in [0.05, 0.1) is 0 Å². The number of benzene rings is 1. The summed E-state index contributed by atoms with van der Waals surface area (Å²) in [6.07, 6.45) is 3.42. The molecule has 1 aliphatic heterocycles. The van der Waals surface area contributed by atoms with Crippen LogP contribution in [0.5, 0.6) is 0 Å². The van der Waals surface area contributed by atoms with Crippen molar-refractivity contribution in [1.29, 1.82) is 0 Å². The van der Waals surface area contributed by atoms with Crippen LogP contribution in [-0.2, 0) is 10.3 Å². The normalized spacial score (nSPS) is 19.8. The summed E-state index contributed by atoms with van der Waals surface area (Å²) >= 11 is 0. The summed E-state index contributed by atoms with van der Waals surface area (Å²) in [7, 11) is 0. The van der Waals surface area contributed by atoms with Crippen LogP contribution in [0.2, 0.25) is 0 Å². The number of nitrogens with zero attached hydrogens (tertiary/aromatic N) is 1. The Bertz CT molecular complexity index is 415. The number of carboxylic acids is 1. The van der Waals surface area contributed by atoms with E-state index in [0.717, 1.165) is 37.9 Å². The van der Waals surface area contributed by atoms with E-state index in [4.69, 9.17) is 0 Å². The maximum atomic E-state index is 12.0. The topological polar surface area (TPSA) is 60.8 Å². The molecule has 1 heterocycles. The van der Waals surface area contributed by atoms with Gasteiger partial charge in [0.25, 0.3) is 0 Å². The van der Waals surface area contributed by atoms with Crippen molar-refractivity contribution in [2.75, 3.05) is 19.7 Å². The monoisotopic (exact) mass is 263 g/mol. The third-order valence-corrected chi connectivity index (χ3v) is 3.97. The number of hydrogen-bond donors (Lipinski definition) is 2. The van der Waals surface area contributed by atoms with E-state index < -0.39 is 11.5 Å². The number of piperidine rings is 1. The molecule has 0 aliphatic carbocycles. The molecule has 2 N–H and O–H groups in total. The number of carbonyl (C=O) groups is 1. The SMILES string of the molecule is O=C(O)C(CCO)(c1ccccc1)N1CCCCC1. The lowest BCUT2D eigenvalue weighted by Gasteiger charge is -2.42. The maximum Gasteiger partial charge on any atom is 0.328 e. The summed E-state index contributed by atoms with van der Waals surface area (Å²) in [6, 6.07) is 9.28. The van der Waals surface area contributed by atoms with E-state index in [-0.39, 0.29) is 13.0 Å². The molecule has 0 saturated carbocycles. The van der Waals surface area contributed by atoms with Gasteiger partial charge in [-0.25, -0.2) is 4.79 Å².